The summed E-state index contributed by atoms with van der Waals surface area (Å²) >= 11 is 0. The van der Waals surface area contributed by atoms with E-state index in [1.807, 2.05) is 32.6 Å². The molecule has 4 rings (SSSR count). The van der Waals surface area contributed by atoms with Crippen molar-refractivity contribution >= 4 is 12.0 Å². The average Bonchev–Trinajstić information content (AvgIpc) is 2.53. The van der Waals surface area contributed by atoms with Crippen LogP contribution >= 0.6 is 0 Å². The number of hydrogen-bond donors (Lipinski definition) is 2. The van der Waals surface area contributed by atoms with Gasteiger partial charge in [-0.25, -0.2) is 4.79 Å². The third-order valence-corrected chi connectivity index (χ3v) is 6.78. The molecule has 4 saturated carbocycles. The molecule has 0 radical (unpaired) electrons. The van der Waals surface area contributed by atoms with Gasteiger partial charge >= 0.3 is 6.09 Å². The van der Waals surface area contributed by atoms with Crippen LogP contribution in [0.2, 0.25) is 0 Å². The minimum Gasteiger partial charge on any atom is -0.444 e. The second-order valence-electron chi connectivity index (χ2n) is 10.5. The second kappa shape index (κ2) is 7.51. The number of nitrogens with one attached hydrogen (secondary N) is 1. The Balaban J connectivity index is 1.89. The number of alkyl carbamates (subject to hydrolysis) is 1. The van der Waals surface area contributed by atoms with Crippen LogP contribution in [-0.4, -0.2) is 52.3 Å². The van der Waals surface area contributed by atoms with Crippen LogP contribution < -0.4 is 5.32 Å². The smallest absolute Gasteiger partial charge is 0.408 e. The van der Waals surface area contributed by atoms with E-state index in [4.69, 9.17) is 4.74 Å². The molecule has 28 heavy (non-hydrogen) atoms. The molecule has 160 valence electrons. The predicted molar refractivity (Wildman–Crippen MR) is 108 cm³/mol. The van der Waals surface area contributed by atoms with E-state index in [2.05, 4.69) is 12.2 Å². The molecule has 6 nitrogen and oxygen atoms in total. The summed E-state index contributed by atoms with van der Waals surface area (Å²) in [5, 5.41) is 14.1. The number of rotatable bonds is 6. The Hall–Kier alpha value is -1.30. The van der Waals surface area contributed by atoms with Gasteiger partial charge in [-0.05, 0) is 84.5 Å². The lowest BCUT2D eigenvalue weighted by molar-refractivity contribution is -0.180. The summed E-state index contributed by atoms with van der Waals surface area (Å²) < 4.78 is 5.50. The molecular weight excluding hydrogens is 356 g/mol. The maximum Gasteiger partial charge on any atom is 0.408 e. The average molecular weight is 395 g/mol. The number of nitrogens with zero attached hydrogens (tertiary/aromatic N) is 1. The van der Waals surface area contributed by atoms with Crippen molar-refractivity contribution in [1.29, 1.82) is 0 Å². The van der Waals surface area contributed by atoms with E-state index in [-0.39, 0.29) is 11.3 Å². The van der Waals surface area contributed by atoms with Crippen LogP contribution in [0.15, 0.2) is 0 Å². The summed E-state index contributed by atoms with van der Waals surface area (Å²) in [7, 11) is 0. The van der Waals surface area contributed by atoms with Gasteiger partial charge in [0.05, 0.1) is 5.60 Å². The maximum absolute atomic E-state index is 13.6. The number of aliphatic hydroxyl groups is 1. The van der Waals surface area contributed by atoms with Gasteiger partial charge in [0.1, 0.15) is 11.6 Å². The largest absolute Gasteiger partial charge is 0.444 e. The maximum atomic E-state index is 13.6. The SMILES string of the molecule is CCCN(CC)C(=O)C(NC(=O)OC(C)(C)C)C12CC3CC(CC(O)(C3)C1)C2. The van der Waals surface area contributed by atoms with Gasteiger partial charge in [-0.2, -0.15) is 0 Å². The van der Waals surface area contributed by atoms with Crippen LogP contribution in [0.3, 0.4) is 0 Å². The number of hydrogen-bond acceptors (Lipinski definition) is 4. The summed E-state index contributed by atoms with van der Waals surface area (Å²) in [5.74, 6) is 0.868. The molecule has 4 aliphatic carbocycles. The van der Waals surface area contributed by atoms with Crippen LogP contribution in [0.1, 0.15) is 79.6 Å². The third-order valence-electron chi connectivity index (χ3n) is 6.78. The standard InChI is InChI=1S/C22H38N2O4/c1-6-8-24(7-2)18(25)17(23-19(26)28-20(3,4)5)21-10-15-9-16(11-21)13-22(27,12-15)14-21/h15-17,27H,6-14H2,1-5H3,(H,23,26). The van der Waals surface area contributed by atoms with Crippen molar-refractivity contribution in [2.75, 3.05) is 13.1 Å². The monoisotopic (exact) mass is 394 g/mol. The lowest BCUT2D eigenvalue weighted by Gasteiger charge is -2.62. The van der Waals surface area contributed by atoms with Crippen LogP contribution in [0, 0.1) is 17.3 Å². The van der Waals surface area contributed by atoms with E-state index in [9.17, 15) is 14.7 Å². The highest BCUT2D eigenvalue weighted by atomic mass is 16.6. The van der Waals surface area contributed by atoms with Gasteiger partial charge in [-0.15, -0.1) is 0 Å². The van der Waals surface area contributed by atoms with Gasteiger partial charge in [0.2, 0.25) is 5.91 Å². The first-order valence-electron chi connectivity index (χ1n) is 11.0. The van der Waals surface area contributed by atoms with Gasteiger partial charge in [-0.3, -0.25) is 4.79 Å². The first-order chi connectivity index (χ1) is 13.0. The highest BCUT2D eigenvalue weighted by Gasteiger charge is 2.61. The minimum atomic E-state index is -0.681. The fourth-order valence-corrected chi connectivity index (χ4v) is 6.40. The molecule has 4 bridgehead atoms. The van der Waals surface area contributed by atoms with Crippen LogP contribution in [0.5, 0.6) is 0 Å². The summed E-state index contributed by atoms with van der Waals surface area (Å²) in [6.45, 7) is 10.8. The molecule has 4 fully saturated rings. The number of carbonyl (C=O) groups excluding carboxylic acids is 2. The molecule has 0 heterocycles. The van der Waals surface area contributed by atoms with E-state index < -0.39 is 23.3 Å². The van der Waals surface area contributed by atoms with E-state index >= 15 is 0 Å². The van der Waals surface area contributed by atoms with Crippen molar-refractivity contribution in [1.82, 2.24) is 10.2 Å². The Morgan fingerprint density at radius 2 is 1.79 bits per heavy atom. The van der Waals surface area contributed by atoms with Gasteiger partial charge in [0, 0.05) is 18.5 Å². The molecule has 2 N–H and O–H groups in total. The molecule has 0 aromatic carbocycles. The van der Waals surface area contributed by atoms with E-state index in [0.29, 0.717) is 31.3 Å². The van der Waals surface area contributed by atoms with Crippen molar-refractivity contribution in [3.63, 3.8) is 0 Å². The fourth-order valence-electron chi connectivity index (χ4n) is 6.40. The van der Waals surface area contributed by atoms with Crippen molar-refractivity contribution in [3.05, 3.63) is 0 Å². The molecule has 6 heteroatoms. The minimum absolute atomic E-state index is 0.0271. The quantitative estimate of drug-likeness (QED) is 0.723. The Morgan fingerprint density at radius 3 is 2.25 bits per heavy atom. The highest BCUT2D eigenvalue weighted by Crippen LogP contribution is 2.63. The Labute approximate surface area is 169 Å². The van der Waals surface area contributed by atoms with Gasteiger partial charge in [0.25, 0.3) is 0 Å². The van der Waals surface area contributed by atoms with Crippen LogP contribution in [-0.2, 0) is 9.53 Å². The summed E-state index contributed by atoms with van der Waals surface area (Å²) in [6, 6.07) is -0.633. The van der Waals surface area contributed by atoms with Crippen molar-refractivity contribution in [2.24, 2.45) is 17.3 Å². The number of carbonyl (C=O) groups is 2. The van der Waals surface area contributed by atoms with Gasteiger partial charge < -0.3 is 20.1 Å². The molecular formula is C22H38N2O4. The lowest BCUT2D eigenvalue weighted by Crippen LogP contribution is -2.66. The Kier molecular flexibility index (Phi) is 5.74. The molecule has 0 aliphatic heterocycles. The van der Waals surface area contributed by atoms with Crippen LogP contribution in [0.25, 0.3) is 0 Å². The lowest BCUT2D eigenvalue weighted by atomic mass is 9.46. The molecule has 4 aliphatic rings. The summed E-state index contributed by atoms with van der Waals surface area (Å²) in [4.78, 5) is 28.0. The molecule has 2 amide bonds. The summed E-state index contributed by atoms with van der Waals surface area (Å²) in [6.07, 6.45) is 5.56. The van der Waals surface area contributed by atoms with Crippen molar-refractivity contribution in [2.45, 2.75) is 96.8 Å². The summed E-state index contributed by atoms with van der Waals surface area (Å²) in [5.41, 5.74) is -1.67. The molecule has 0 spiro atoms. The molecule has 3 atom stereocenters. The second-order valence-corrected chi connectivity index (χ2v) is 10.5. The predicted octanol–water partition coefficient (Wildman–Crippen LogP) is 3.47. The van der Waals surface area contributed by atoms with E-state index in [0.717, 1.165) is 38.5 Å². The highest BCUT2D eigenvalue weighted by molar-refractivity contribution is 5.87. The van der Waals surface area contributed by atoms with E-state index in [1.54, 1.807) is 0 Å². The Morgan fingerprint density at radius 1 is 1.18 bits per heavy atom. The Bertz CT molecular complexity index is 598. The van der Waals surface area contributed by atoms with Gasteiger partial charge in [0.15, 0.2) is 0 Å². The number of likely N-dealkylation sites (N-methyl/N-ethyl adjacent to an activating group) is 1. The van der Waals surface area contributed by atoms with Crippen LogP contribution in [0.4, 0.5) is 4.79 Å². The zero-order chi connectivity index (χ0) is 20.7. The molecule has 0 saturated heterocycles. The number of amides is 2. The molecule has 3 unspecified atom stereocenters. The van der Waals surface area contributed by atoms with E-state index in [1.165, 1.54) is 0 Å². The third kappa shape index (κ3) is 4.32. The fraction of sp³-hybridized carbons (Fsp3) is 0.909. The van der Waals surface area contributed by atoms with Crippen molar-refractivity contribution in [3.8, 4) is 0 Å². The first kappa shape index (κ1) is 21.4. The first-order valence-corrected chi connectivity index (χ1v) is 11.0. The topological polar surface area (TPSA) is 78.9 Å². The molecule has 0 aromatic rings. The number of ether oxygens (including phenoxy) is 1. The normalized spacial score (nSPS) is 34.8. The van der Waals surface area contributed by atoms with Gasteiger partial charge in [-0.1, -0.05) is 6.92 Å². The molecule has 0 aromatic heterocycles. The zero-order valence-electron chi connectivity index (χ0n) is 18.2. The zero-order valence-corrected chi connectivity index (χ0v) is 18.2. The van der Waals surface area contributed by atoms with Crippen molar-refractivity contribution < 1.29 is 19.4 Å².